The van der Waals surface area contributed by atoms with Gasteiger partial charge in [-0.25, -0.2) is 4.98 Å². The number of ether oxygens (including phenoxy) is 1. The van der Waals surface area contributed by atoms with Crippen molar-refractivity contribution >= 4 is 17.4 Å². The second-order valence-corrected chi connectivity index (χ2v) is 5.68. The zero-order valence-electron chi connectivity index (χ0n) is 14.8. The molecule has 25 heavy (non-hydrogen) atoms. The van der Waals surface area contributed by atoms with Gasteiger partial charge in [0.15, 0.2) is 0 Å². The first-order chi connectivity index (χ1) is 12.0. The highest BCUT2D eigenvalue weighted by Gasteiger charge is 2.13. The van der Waals surface area contributed by atoms with Crippen molar-refractivity contribution in [2.45, 2.75) is 33.6 Å². The molecule has 0 aliphatic rings. The molecule has 0 fully saturated rings. The van der Waals surface area contributed by atoms with Gasteiger partial charge in [-0.2, -0.15) is 0 Å². The maximum atomic E-state index is 12.5. The molecule has 0 unspecified atom stereocenters. The van der Waals surface area contributed by atoms with Crippen LogP contribution in [0.15, 0.2) is 30.3 Å². The van der Waals surface area contributed by atoms with E-state index in [1.165, 1.54) is 0 Å². The van der Waals surface area contributed by atoms with E-state index < -0.39 is 0 Å². The van der Waals surface area contributed by atoms with Crippen molar-refractivity contribution in [3.63, 3.8) is 0 Å². The number of nitrogens with two attached hydrogens (primary N) is 1. The minimum atomic E-state index is -0.288. The molecule has 0 atom stereocenters. The van der Waals surface area contributed by atoms with E-state index in [2.05, 4.69) is 22.1 Å². The molecule has 0 bridgehead atoms. The van der Waals surface area contributed by atoms with Gasteiger partial charge in [-0.1, -0.05) is 6.07 Å². The quantitative estimate of drug-likeness (QED) is 0.622. The van der Waals surface area contributed by atoms with Crippen LogP contribution in [0, 0.1) is 25.7 Å². The Morgan fingerprint density at radius 3 is 2.88 bits per heavy atom. The van der Waals surface area contributed by atoms with Gasteiger partial charge < -0.3 is 15.8 Å². The van der Waals surface area contributed by atoms with Gasteiger partial charge in [0.2, 0.25) is 0 Å². The predicted octanol–water partition coefficient (Wildman–Crippen LogP) is 3.72. The molecule has 0 aliphatic heterocycles. The normalized spacial score (nSPS) is 9.88. The van der Waals surface area contributed by atoms with Gasteiger partial charge in [0.1, 0.15) is 11.6 Å². The van der Waals surface area contributed by atoms with Crippen molar-refractivity contribution in [1.82, 2.24) is 4.98 Å². The number of amides is 1. The fourth-order valence-electron chi connectivity index (χ4n) is 2.24. The minimum absolute atomic E-state index is 0.227. The number of aryl methyl sites for hydroxylation is 2. The number of hydrogen-bond donors (Lipinski definition) is 2. The second kappa shape index (κ2) is 8.74. The molecule has 0 radical (unpaired) electrons. The number of anilines is 2. The first-order valence-electron chi connectivity index (χ1n) is 8.19. The molecule has 130 valence electrons. The van der Waals surface area contributed by atoms with Crippen molar-refractivity contribution in [2.75, 3.05) is 17.7 Å². The van der Waals surface area contributed by atoms with E-state index in [9.17, 15) is 4.79 Å². The van der Waals surface area contributed by atoms with Crippen molar-refractivity contribution in [3.05, 3.63) is 47.2 Å². The number of unbranched alkanes of at least 4 members (excludes halogenated alkanes) is 1. The van der Waals surface area contributed by atoms with Crippen LogP contribution < -0.4 is 15.8 Å². The summed E-state index contributed by atoms with van der Waals surface area (Å²) in [6.07, 6.45) is 1.67. The zero-order chi connectivity index (χ0) is 18.2. The van der Waals surface area contributed by atoms with Crippen LogP contribution in [0.5, 0.6) is 5.75 Å². The molecule has 1 aromatic heterocycles. The molecule has 0 saturated carbocycles. The summed E-state index contributed by atoms with van der Waals surface area (Å²) in [4.78, 5) is 16.7. The molecule has 1 amide bonds. The van der Waals surface area contributed by atoms with E-state index in [-0.39, 0.29) is 11.7 Å². The molecular formula is C20H23N3O2. The van der Waals surface area contributed by atoms with Crippen molar-refractivity contribution in [3.8, 4) is 17.6 Å². The average Bonchev–Trinajstić information content (AvgIpc) is 2.58. The summed E-state index contributed by atoms with van der Waals surface area (Å²) in [6, 6.07) is 9.03. The Labute approximate surface area is 148 Å². The molecule has 3 N–H and O–H groups in total. The summed E-state index contributed by atoms with van der Waals surface area (Å²) >= 11 is 0. The maximum Gasteiger partial charge on any atom is 0.259 e. The lowest BCUT2D eigenvalue weighted by Crippen LogP contribution is -2.16. The molecular weight excluding hydrogens is 314 g/mol. The lowest BCUT2D eigenvalue weighted by Gasteiger charge is -2.11. The van der Waals surface area contributed by atoms with Crippen LogP contribution in [-0.4, -0.2) is 17.5 Å². The van der Waals surface area contributed by atoms with Gasteiger partial charge in [0.05, 0.1) is 12.2 Å². The number of nitrogen functional groups attached to an aromatic ring is 1. The lowest BCUT2D eigenvalue weighted by molar-refractivity contribution is 0.102. The van der Waals surface area contributed by atoms with Crippen LogP contribution in [-0.2, 0) is 0 Å². The van der Waals surface area contributed by atoms with E-state index in [0.29, 0.717) is 23.6 Å². The first kappa shape index (κ1) is 18.3. The fraction of sp³-hybridized carbons (Fsp3) is 0.300. The number of nitrogens with one attached hydrogen (secondary N) is 1. The highest BCUT2D eigenvalue weighted by atomic mass is 16.5. The number of nitrogens with zero attached hydrogens (tertiary/aromatic N) is 1. The molecule has 0 saturated heterocycles. The summed E-state index contributed by atoms with van der Waals surface area (Å²) in [6.45, 7) is 6.17. The molecule has 0 aliphatic carbocycles. The number of aromatic nitrogens is 1. The number of carbonyl (C=O) groups is 1. The van der Waals surface area contributed by atoms with E-state index in [1.54, 1.807) is 18.2 Å². The summed E-state index contributed by atoms with van der Waals surface area (Å²) in [7, 11) is 0. The minimum Gasteiger partial charge on any atom is -0.493 e. The number of hydrogen-bond acceptors (Lipinski definition) is 4. The molecule has 0 spiro atoms. The monoisotopic (exact) mass is 337 g/mol. The Morgan fingerprint density at radius 2 is 2.12 bits per heavy atom. The number of benzene rings is 1. The largest absolute Gasteiger partial charge is 0.493 e. The van der Waals surface area contributed by atoms with E-state index in [0.717, 1.165) is 24.1 Å². The standard InChI is InChI=1S/C20H23N3O2/c1-4-5-6-7-11-25-17-10-8-9-16(13-17)23-20(24)18-12-14(2)15(3)22-19(18)21/h8-10,12-13H,6-7,11H2,1-3H3,(H2,21,22)(H,23,24). The maximum absolute atomic E-state index is 12.5. The van der Waals surface area contributed by atoms with Gasteiger partial charge in [-0.3, -0.25) is 4.79 Å². The van der Waals surface area contributed by atoms with Gasteiger partial charge in [0, 0.05) is 23.9 Å². The third-order valence-corrected chi connectivity index (χ3v) is 3.72. The molecule has 1 heterocycles. The molecule has 5 heteroatoms. The van der Waals surface area contributed by atoms with Crippen LogP contribution in [0.3, 0.4) is 0 Å². The summed E-state index contributed by atoms with van der Waals surface area (Å²) in [5.41, 5.74) is 8.63. The fourth-order valence-corrected chi connectivity index (χ4v) is 2.24. The highest BCUT2D eigenvalue weighted by Crippen LogP contribution is 2.20. The highest BCUT2D eigenvalue weighted by molar-refractivity contribution is 6.07. The van der Waals surface area contributed by atoms with Gasteiger partial charge in [0.25, 0.3) is 5.91 Å². The average molecular weight is 337 g/mol. The Balaban J connectivity index is 2.02. The van der Waals surface area contributed by atoms with Crippen LogP contribution in [0.2, 0.25) is 0 Å². The Morgan fingerprint density at radius 1 is 1.32 bits per heavy atom. The first-order valence-corrected chi connectivity index (χ1v) is 8.19. The van der Waals surface area contributed by atoms with E-state index in [4.69, 9.17) is 10.5 Å². The Hall–Kier alpha value is -3.00. The number of rotatable bonds is 6. The third-order valence-electron chi connectivity index (χ3n) is 3.72. The van der Waals surface area contributed by atoms with Crippen molar-refractivity contribution < 1.29 is 9.53 Å². The summed E-state index contributed by atoms with van der Waals surface area (Å²) in [5, 5.41) is 2.84. The summed E-state index contributed by atoms with van der Waals surface area (Å²) < 4.78 is 5.68. The lowest BCUT2D eigenvalue weighted by atomic mass is 10.1. The molecule has 1 aromatic carbocycles. The van der Waals surface area contributed by atoms with E-state index in [1.807, 2.05) is 32.9 Å². The van der Waals surface area contributed by atoms with Crippen LogP contribution in [0.1, 0.15) is 41.4 Å². The Bertz CT molecular complexity index is 819. The number of carbonyl (C=O) groups excluding carboxylic acids is 1. The second-order valence-electron chi connectivity index (χ2n) is 5.68. The predicted molar refractivity (Wildman–Crippen MR) is 101 cm³/mol. The zero-order valence-corrected chi connectivity index (χ0v) is 14.8. The van der Waals surface area contributed by atoms with Gasteiger partial charge in [-0.05, 0) is 51.0 Å². The summed E-state index contributed by atoms with van der Waals surface area (Å²) in [5.74, 6) is 6.50. The van der Waals surface area contributed by atoms with Crippen molar-refractivity contribution in [1.29, 1.82) is 0 Å². The molecule has 5 nitrogen and oxygen atoms in total. The Kier molecular flexibility index (Phi) is 6.41. The third kappa shape index (κ3) is 5.25. The van der Waals surface area contributed by atoms with E-state index >= 15 is 0 Å². The smallest absolute Gasteiger partial charge is 0.259 e. The van der Waals surface area contributed by atoms with Crippen LogP contribution >= 0.6 is 0 Å². The SMILES string of the molecule is CC#CCCCOc1cccc(NC(=O)c2cc(C)c(C)nc2N)c1. The van der Waals surface area contributed by atoms with Gasteiger partial charge >= 0.3 is 0 Å². The topological polar surface area (TPSA) is 77.2 Å². The molecule has 2 rings (SSSR count). The van der Waals surface area contributed by atoms with Crippen LogP contribution in [0.25, 0.3) is 0 Å². The van der Waals surface area contributed by atoms with Crippen LogP contribution in [0.4, 0.5) is 11.5 Å². The number of pyridine rings is 1. The molecule has 2 aromatic rings. The van der Waals surface area contributed by atoms with Gasteiger partial charge in [-0.15, -0.1) is 11.8 Å². The van der Waals surface area contributed by atoms with Crippen molar-refractivity contribution in [2.24, 2.45) is 0 Å².